The van der Waals surface area contributed by atoms with Crippen LogP contribution in [0.2, 0.25) is 0 Å². The summed E-state index contributed by atoms with van der Waals surface area (Å²) in [5, 5.41) is 8.53. The van der Waals surface area contributed by atoms with Crippen molar-refractivity contribution in [3.05, 3.63) is 48.3 Å². The van der Waals surface area contributed by atoms with Gasteiger partial charge in [-0.05, 0) is 36.8 Å². The fourth-order valence-corrected chi connectivity index (χ4v) is 3.21. The van der Waals surface area contributed by atoms with Gasteiger partial charge in [-0.2, -0.15) is 8.78 Å². The minimum Gasteiger partial charge on any atom is -0.491 e. The number of anilines is 1. The van der Waals surface area contributed by atoms with Gasteiger partial charge in [-0.25, -0.2) is 12.8 Å². The number of carbonyl (C=O) groups is 1. The number of sulfonamides is 1. The Labute approximate surface area is 158 Å². The molecule has 0 saturated heterocycles. The summed E-state index contributed by atoms with van der Waals surface area (Å²) < 4.78 is 75.2. The van der Waals surface area contributed by atoms with E-state index in [1.807, 2.05) is 0 Å². The quantitative estimate of drug-likeness (QED) is 0.572. The number of carboxylic acids is 1. The standard InChI is InChI=1S/C17H16F3NO6S/c18-12-10-11(7-8-14(12)26-9-3-6-16(22)23)28(24,25)21-13-4-1-2-5-15(13)27-17(19)20/h1-2,4-5,7-8,10,17,21H,3,6,9H2,(H,22,23). The van der Waals surface area contributed by atoms with E-state index in [1.54, 1.807) is 0 Å². The molecule has 0 amide bonds. The van der Waals surface area contributed by atoms with Gasteiger partial charge < -0.3 is 14.6 Å². The topological polar surface area (TPSA) is 102 Å². The maximum absolute atomic E-state index is 14.1. The fraction of sp³-hybridized carbons (Fsp3) is 0.235. The lowest BCUT2D eigenvalue weighted by atomic mass is 10.3. The predicted molar refractivity (Wildman–Crippen MR) is 92.6 cm³/mol. The van der Waals surface area contributed by atoms with Crippen molar-refractivity contribution in [1.82, 2.24) is 0 Å². The Bertz CT molecular complexity index is 936. The largest absolute Gasteiger partial charge is 0.491 e. The number of hydrogen-bond acceptors (Lipinski definition) is 5. The van der Waals surface area contributed by atoms with Gasteiger partial charge in [0, 0.05) is 6.42 Å². The number of hydrogen-bond donors (Lipinski definition) is 2. The van der Waals surface area contributed by atoms with Crippen molar-refractivity contribution in [2.75, 3.05) is 11.3 Å². The minimum absolute atomic E-state index is 0.0636. The summed E-state index contributed by atoms with van der Waals surface area (Å²) in [6.07, 6.45) is -0.00456. The Balaban J connectivity index is 2.14. The maximum atomic E-state index is 14.1. The van der Waals surface area contributed by atoms with E-state index in [4.69, 9.17) is 9.84 Å². The number of para-hydroxylation sites is 2. The lowest BCUT2D eigenvalue weighted by molar-refractivity contribution is -0.137. The summed E-state index contributed by atoms with van der Waals surface area (Å²) in [7, 11) is -4.30. The van der Waals surface area contributed by atoms with Gasteiger partial charge in [-0.1, -0.05) is 12.1 Å². The van der Waals surface area contributed by atoms with E-state index < -0.39 is 33.3 Å². The van der Waals surface area contributed by atoms with E-state index in [2.05, 4.69) is 9.46 Å². The second-order valence-electron chi connectivity index (χ2n) is 5.42. The molecular weight excluding hydrogens is 403 g/mol. The summed E-state index contributed by atoms with van der Waals surface area (Å²) in [5.74, 6) is -2.63. The van der Waals surface area contributed by atoms with Crippen molar-refractivity contribution in [3.8, 4) is 11.5 Å². The smallest absolute Gasteiger partial charge is 0.387 e. The lowest BCUT2D eigenvalue weighted by Gasteiger charge is -2.13. The zero-order valence-corrected chi connectivity index (χ0v) is 15.1. The van der Waals surface area contributed by atoms with Crippen molar-refractivity contribution < 1.29 is 41.0 Å². The van der Waals surface area contributed by atoms with Gasteiger partial charge in [0.15, 0.2) is 11.6 Å². The third kappa shape index (κ3) is 6.05. The van der Waals surface area contributed by atoms with Gasteiger partial charge in [-0.15, -0.1) is 0 Å². The highest BCUT2D eigenvalue weighted by molar-refractivity contribution is 7.92. The zero-order valence-electron chi connectivity index (χ0n) is 14.3. The molecule has 0 aliphatic rings. The molecule has 0 heterocycles. The molecule has 28 heavy (non-hydrogen) atoms. The van der Waals surface area contributed by atoms with Gasteiger partial charge in [-0.3, -0.25) is 9.52 Å². The molecule has 0 aliphatic heterocycles. The molecule has 152 valence electrons. The molecule has 0 spiro atoms. The van der Waals surface area contributed by atoms with Crippen molar-refractivity contribution in [3.63, 3.8) is 0 Å². The number of nitrogens with one attached hydrogen (secondary N) is 1. The zero-order chi connectivity index (χ0) is 20.7. The van der Waals surface area contributed by atoms with E-state index >= 15 is 0 Å². The SMILES string of the molecule is O=C(O)CCCOc1ccc(S(=O)(=O)Nc2ccccc2OC(F)F)cc1F. The Morgan fingerprint density at radius 1 is 1.14 bits per heavy atom. The Kier molecular flexibility index (Phi) is 7.10. The van der Waals surface area contributed by atoms with Gasteiger partial charge >= 0.3 is 12.6 Å². The van der Waals surface area contributed by atoms with Gasteiger partial charge in [0.05, 0.1) is 17.2 Å². The highest BCUT2D eigenvalue weighted by Crippen LogP contribution is 2.29. The molecule has 0 unspecified atom stereocenters. The van der Waals surface area contributed by atoms with E-state index in [-0.39, 0.29) is 36.6 Å². The van der Waals surface area contributed by atoms with Crippen LogP contribution in [0.3, 0.4) is 0 Å². The number of ether oxygens (including phenoxy) is 2. The molecule has 0 saturated carbocycles. The molecule has 0 aromatic heterocycles. The van der Waals surface area contributed by atoms with E-state index in [0.717, 1.165) is 18.2 Å². The second-order valence-corrected chi connectivity index (χ2v) is 7.10. The highest BCUT2D eigenvalue weighted by Gasteiger charge is 2.20. The maximum Gasteiger partial charge on any atom is 0.387 e. The molecule has 7 nitrogen and oxygen atoms in total. The molecule has 2 aromatic rings. The van der Waals surface area contributed by atoms with E-state index in [0.29, 0.717) is 6.07 Å². The van der Waals surface area contributed by atoms with Crippen LogP contribution in [0.1, 0.15) is 12.8 Å². The van der Waals surface area contributed by atoms with Crippen LogP contribution in [-0.2, 0) is 14.8 Å². The van der Waals surface area contributed by atoms with E-state index in [1.165, 1.54) is 18.2 Å². The molecular formula is C17H16F3NO6S. The summed E-state index contributed by atoms with van der Waals surface area (Å²) in [6.45, 7) is -3.22. The predicted octanol–water partition coefficient (Wildman–Crippen LogP) is 3.47. The average Bonchev–Trinajstić information content (AvgIpc) is 2.60. The number of halogens is 3. The first kappa shape index (κ1) is 21.4. The molecule has 0 radical (unpaired) electrons. The monoisotopic (exact) mass is 419 g/mol. The Morgan fingerprint density at radius 3 is 2.50 bits per heavy atom. The first-order valence-corrected chi connectivity index (χ1v) is 9.38. The summed E-state index contributed by atoms with van der Waals surface area (Å²) >= 11 is 0. The Morgan fingerprint density at radius 2 is 1.86 bits per heavy atom. The number of aliphatic carboxylic acids is 1. The molecule has 2 aromatic carbocycles. The van der Waals surface area contributed by atoms with Crippen molar-refractivity contribution in [2.24, 2.45) is 0 Å². The van der Waals surface area contributed by atoms with E-state index in [9.17, 15) is 26.4 Å². The second kappa shape index (κ2) is 9.31. The molecule has 0 atom stereocenters. The minimum atomic E-state index is -4.30. The van der Waals surface area contributed by atoms with Crippen molar-refractivity contribution >= 4 is 21.7 Å². The summed E-state index contributed by atoms with van der Waals surface area (Å²) in [6, 6.07) is 7.99. The molecule has 11 heteroatoms. The van der Waals surface area contributed by atoms with Crippen LogP contribution in [0, 0.1) is 5.82 Å². The van der Waals surface area contributed by atoms with Crippen LogP contribution < -0.4 is 14.2 Å². The highest BCUT2D eigenvalue weighted by atomic mass is 32.2. The summed E-state index contributed by atoms with van der Waals surface area (Å²) in [4.78, 5) is 9.95. The number of benzene rings is 2. The van der Waals surface area contributed by atoms with Crippen molar-refractivity contribution in [1.29, 1.82) is 0 Å². The molecule has 0 aliphatic carbocycles. The fourth-order valence-electron chi connectivity index (χ4n) is 2.12. The molecule has 0 bridgehead atoms. The van der Waals surface area contributed by atoms with Crippen LogP contribution >= 0.6 is 0 Å². The van der Waals surface area contributed by atoms with Crippen LogP contribution in [0.15, 0.2) is 47.4 Å². The van der Waals surface area contributed by atoms with Crippen LogP contribution in [0.25, 0.3) is 0 Å². The first-order valence-electron chi connectivity index (χ1n) is 7.90. The molecule has 0 fully saturated rings. The third-order valence-electron chi connectivity index (χ3n) is 3.35. The number of alkyl halides is 2. The van der Waals surface area contributed by atoms with Gasteiger partial charge in [0.1, 0.15) is 5.75 Å². The average molecular weight is 419 g/mol. The molecule has 2 rings (SSSR count). The van der Waals surface area contributed by atoms with Crippen LogP contribution in [-0.4, -0.2) is 32.7 Å². The van der Waals surface area contributed by atoms with Crippen LogP contribution in [0.5, 0.6) is 11.5 Å². The third-order valence-corrected chi connectivity index (χ3v) is 4.72. The van der Waals surface area contributed by atoms with Crippen molar-refractivity contribution in [2.45, 2.75) is 24.3 Å². The van der Waals surface area contributed by atoms with Crippen LogP contribution in [0.4, 0.5) is 18.9 Å². The summed E-state index contributed by atoms with van der Waals surface area (Å²) in [5.41, 5.74) is -0.239. The van der Waals surface area contributed by atoms with Gasteiger partial charge in [0.2, 0.25) is 0 Å². The number of rotatable bonds is 10. The van der Waals surface area contributed by atoms with Gasteiger partial charge in [0.25, 0.3) is 10.0 Å². The normalized spacial score (nSPS) is 11.3. The molecule has 2 N–H and O–H groups in total. The Hall–Kier alpha value is -2.95. The first-order chi connectivity index (χ1) is 13.2. The number of carboxylic acid groups (broad SMARTS) is 1. The lowest BCUT2D eigenvalue weighted by Crippen LogP contribution is -2.15.